The molecule has 0 amide bonds. The Morgan fingerprint density at radius 1 is 1.10 bits per heavy atom. The molecule has 0 aliphatic carbocycles. The minimum absolute atomic E-state index is 0.332. The second-order valence-electron chi connectivity index (χ2n) is 5.41. The zero-order valence-electron chi connectivity index (χ0n) is 12.1. The van der Waals surface area contributed by atoms with Crippen molar-refractivity contribution in [3.63, 3.8) is 0 Å². The predicted molar refractivity (Wildman–Crippen MR) is 83.9 cm³/mol. The number of nitrogens with zero attached hydrogens (tertiary/aromatic N) is 1. The van der Waals surface area contributed by atoms with Gasteiger partial charge in [-0.1, -0.05) is 35.9 Å². The van der Waals surface area contributed by atoms with Crippen LogP contribution in [0.3, 0.4) is 0 Å². The number of carboxylic acid groups (broad SMARTS) is 1. The quantitative estimate of drug-likeness (QED) is 0.787. The third-order valence-corrected chi connectivity index (χ3v) is 3.87. The van der Waals surface area contributed by atoms with Gasteiger partial charge in [0.2, 0.25) is 0 Å². The van der Waals surface area contributed by atoms with E-state index in [0.29, 0.717) is 12.2 Å². The molecule has 0 atom stereocenters. The zero-order valence-corrected chi connectivity index (χ0v) is 12.1. The minimum Gasteiger partial charge on any atom is -0.477 e. The van der Waals surface area contributed by atoms with E-state index in [1.54, 1.807) is 6.07 Å². The molecular weight excluding hydrogens is 262 g/mol. The summed E-state index contributed by atoms with van der Waals surface area (Å²) < 4.78 is 1.87. The van der Waals surface area contributed by atoms with Crippen molar-refractivity contribution in [1.82, 2.24) is 4.57 Å². The van der Waals surface area contributed by atoms with Gasteiger partial charge in [-0.05, 0) is 43.2 Å². The van der Waals surface area contributed by atoms with E-state index in [9.17, 15) is 9.90 Å². The van der Waals surface area contributed by atoms with Crippen LogP contribution in [0.1, 0.15) is 27.2 Å². The number of benzene rings is 2. The summed E-state index contributed by atoms with van der Waals surface area (Å²) >= 11 is 0. The summed E-state index contributed by atoms with van der Waals surface area (Å²) in [5.41, 5.74) is 4.73. The van der Waals surface area contributed by atoms with Gasteiger partial charge >= 0.3 is 5.97 Å². The molecule has 0 bridgehead atoms. The summed E-state index contributed by atoms with van der Waals surface area (Å²) in [6, 6.07) is 15.9. The topological polar surface area (TPSA) is 42.2 Å². The predicted octanol–water partition coefficient (Wildman–Crippen LogP) is 4.00. The van der Waals surface area contributed by atoms with Crippen molar-refractivity contribution in [3.8, 4) is 0 Å². The van der Waals surface area contributed by atoms with Crippen molar-refractivity contribution in [3.05, 3.63) is 70.9 Å². The van der Waals surface area contributed by atoms with E-state index < -0.39 is 5.97 Å². The Kier molecular flexibility index (Phi) is 3.26. The number of aryl methyl sites for hydroxylation is 2. The van der Waals surface area contributed by atoms with Gasteiger partial charge < -0.3 is 9.67 Å². The average Bonchev–Trinajstić information content (AvgIpc) is 2.79. The van der Waals surface area contributed by atoms with Crippen LogP contribution in [0.2, 0.25) is 0 Å². The smallest absolute Gasteiger partial charge is 0.352 e. The first-order chi connectivity index (χ1) is 10.1. The van der Waals surface area contributed by atoms with E-state index in [2.05, 4.69) is 0 Å². The molecule has 3 rings (SSSR count). The summed E-state index contributed by atoms with van der Waals surface area (Å²) in [7, 11) is 0. The molecular formula is C18H17NO2. The normalized spacial score (nSPS) is 11.0. The summed E-state index contributed by atoms with van der Waals surface area (Å²) in [5.74, 6) is -0.891. The molecule has 1 aromatic heterocycles. The molecule has 1 heterocycles. The van der Waals surface area contributed by atoms with Crippen molar-refractivity contribution >= 4 is 16.9 Å². The largest absolute Gasteiger partial charge is 0.477 e. The first-order valence-corrected chi connectivity index (χ1v) is 6.94. The van der Waals surface area contributed by atoms with E-state index >= 15 is 0 Å². The molecule has 0 saturated heterocycles. The number of carboxylic acids is 1. The Morgan fingerprint density at radius 3 is 2.57 bits per heavy atom. The Bertz CT molecular complexity index is 830. The molecule has 2 aromatic carbocycles. The third kappa shape index (κ3) is 2.42. The van der Waals surface area contributed by atoms with E-state index in [1.807, 2.05) is 60.9 Å². The second-order valence-corrected chi connectivity index (χ2v) is 5.41. The Labute approximate surface area is 123 Å². The molecule has 106 valence electrons. The maximum Gasteiger partial charge on any atom is 0.352 e. The molecule has 1 N–H and O–H groups in total. The van der Waals surface area contributed by atoms with Crippen molar-refractivity contribution in [2.75, 3.05) is 0 Å². The molecule has 3 nitrogen and oxygen atoms in total. The highest BCUT2D eigenvalue weighted by molar-refractivity contribution is 5.95. The Hall–Kier alpha value is -2.55. The zero-order chi connectivity index (χ0) is 15.0. The molecule has 0 saturated carbocycles. The maximum atomic E-state index is 11.5. The highest BCUT2D eigenvalue weighted by Gasteiger charge is 2.15. The maximum absolute atomic E-state index is 11.5. The van der Waals surface area contributed by atoms with Crippen LogP contribution < -0.4 is 0 Å². The summed E-state index contributed by atoms with van der Waals surface area (Å²) in [4.78, 5) is 11.5. The van der Waals surface area contributed by atoms with Crippen LogP contribution in [0.4, 0.5) is 0 Å². The fraction of sp³-hybridized carbons (Fsp3) is 0.167. The summed E-state index contributed by atoms with van der Waals surface area (Å²) in [6.07, 6.45) is 0. The van der Waals surface area contributed by atoms with Gasteiger partial charge in [0.05, 0.1) is 0 Å². The average molecular weight is 279 g/mol. The highest BCUT2D eigenvalue weighted by Crippen LogP contribution is 2.23. The number of hydrogen-bond acceptors (Lipinski definition) is 1. The summed E-state index contributed by atoms with van der Waals surface area (Å²) in [5, 5.41) is 10.4. The second kappa shape index (κ2) is 5.09. The van der Waals surface area contributed by atoms with Crippen molar-refractivity contribution in [2.24, 2.45) is 0 Å². The van der Waals surface area contributed by atoms with Gasteiger partial charge in [-0.2, -0.15) is 0 Å². The first kappa shape index (κ1) is 13.4. The number of aromatic carboxylic acids is 1. The van der Waals surface area contributed by atoms with Crippen LogP contribution in [0.5, 0.6) is 0 Å². The fourth-order valence-electron chi connectivity index (χ4n) is 2.70. The van der Waals surface area contributed by atoms with Gasteiger partial charge in [0.25, 0.3) is 0 Å². The van der Waals surface area contributed by atoms with Crippen LogP contribution in [0, 0.1) is 13.8 Å². The Morgan fingerprint density at radius 2 is 1.86 bits per heavy atom. The number of hydrogen-bond donors (Lipinski definition) is 1. The molecule has 21 heavy (non-hydrogen) atoms. The van der Waals surface area contributed by atoms with Crippen molar-refractivity contribution in [1.29, 1.82) is 0 Å². The minimum atomic E-state index is -0.891. The number of carbonyl (C=O) groups is 1. The number of rotatable bonds is 3. The van der Waals surface area contributed by atoms with E-state index in [-0.39, 0.29) is 0 Å². The van der Waals surface area contributed by atoms with Gasteiger partial charge in [0.1, 0.15) is 5.69 Å². The third-order valence-electron chi connectivity index (χ3n) is 3.87. The van der Waals surface area contributed by atoms with Gasteiger partial charge in [-0.3, -0.25) is 0 Å². The van der Waals surface area contributed by atoms with Gasteiger partial charge in [-0.15, -0.1) is 0 Å². The lowest BCUT2D eigenvalue weighted by molar-refractivity contribution is 0.0686. The fourth-order valence-corrected chi connectivity index (χ4v) is 2.70. The van der Waals surface area contributed by atoms with Crippen molar-refractivity contribution in [2.45, 2.75) is 20.4 Å². The van der Waals surface area contributed by atoms with Gasteiger partial charge in [0, 0.05) is 17.4 Å². The molecule has 0 radical (unpaired) electrons. The van der Waals surface area contributed by atoms with Gasteiger partial charge in [-0.25, -0.2) is 4.79 Å². The number of fused-ring (bicyclic) bond motifs is 1. The first-order valence-electron chi connectivity index (χ1n) is 6.94. The molecule has 0 fully saturated rings. The van der Waals surface area contributed by atoms with Crippen LogP contribution >= 0.6 is 0 Å². The standard InChI is InChI=1S/C18H17NO2/c1-12-7-8-16-15(9-12)10-17(18(20)21)19(16)11-14-6-4-3-5-13(14)2/h3-10H,11H2,1-2H3,(H,20,21). The van der Waals surface area contributed by atoms with Gasteiger partial charge in [0.15, 0.2) is 0 Å². The highest BCUT2D eigenvalue weighted by atomic mass is 16.4. The SMILES string of the molecule is Cc1ccc2c(c1)cc(C(=O)O)n2Cc1ccccc1C. The molecule has 3 heteroatoms. The van der Waals surface area contributed by atoms with Crippen LogP contribution in [-0.2, 0) is 6.54 Å². The Balaban J connectivity index is 2.18. The lowest BCUT2D eigenvalue weighted by Crippen LogP contribution is -2.10. The van der Waals surface area contributed by atoms with Crippen LogP contribution in [0.25, 0.3) is 10.9 Å². The van der Waals surface area contributed by atoms with E-state index in [4.69, 9.17) is 0 Å². The van der Waals surface area contributed by atoms with E-state index in [1.165, 1.54) is 5.56 Å². The molecule has 0 aliphatic rings. The molecule has 0 unspecified atom stereocenters. The molecule has 0 spiro atoms. The van der Waals surface area contributed by atoms with Crippen LogP contribution in [-0.4, -0.2) is 15.6 Å². The molecule has 0 aliphatic heterocycles. The van der Waals surface area contributed by atoms with E-state index in [0.717, 1.165) is 22.0 Å². The number of aromatic nitrogens is 1. The monoisotopic (exact) mass is 279 g/mol. The lowest BCUT2D eigenvalue weighted by Gasteiger charge is -2.11. The molecule has 3 aromatic rings. The summed E-state index contributed by atoms with van der Waals surface area (Å²) in [6.45, 7) is 4.63. The van der Waals surface area contributed by atoms with Crippen LogP contribution in [0.15, 0.2) is 48.5 Å². The van der Waals surface area contributed by atoms with Crippen molar-refractivity contribution < 1.29 is 9.90 Å². The lowest BCUT2D eigenvalue weighted by atomic mass is 10.1.